The van der Waals surface area contributed by atoms with Crippen LogP contribution in [0, 0.1) is 5.92 Å². The Labute approximate surface area is 65.1 Å². The molecule has 1 aliphatic heterocycles. The summed E-state index contributed by atoms with van der Waals surface area (Å²) in [4.78, 5) is 15.3. The van der Waals surface area contributed by atoms with Gasteiger partial charge in [0.1, 0.15) is 11.6 Å². The Hall–Kier alpha value is -1.12. The number of carbonyl (C=O) groups is 1. The lowest BCUT2D eigenvalue weighted by molar-refractivity contribution is -0.123. The number of fused-ring (bicyclic) bond motifs is 1. The van der Waals surface area contributed by atoms with Crippen LogP contribution >= 0.6 is 0 Å². The first kappa shape index (κ1) is 6.58. The second-order valence-electron chi connectivity index (χ2n) is 3.04. The van der Waals surface area contributed by atoms with E-state index in [-0.39, 0.29) is 5.92 Å². The zero-order valence-electron chi connectivity index (χ0n) is 6.45. The van der Waals surface area contributed by atoms with E-state index in [0.29, 0.717) is 12.2 Å². The quantitative estimate of drug-likeness (QED) is 0.544. The molecule has 0 fully saturated rings. The Morgan fingerprint density at radius 1 is 1.73 bits per heavy atom. The van der Waals surface area contributed by atoms with Gasteiger partial charge in [-0.3, -0.25) is 4.79 Å². The van der Waals surface area contributed by atoms with Crippen molar-refractivity contribution in [3.63, 3.8) is 0 Å². The third-order valence-electron chi connectivity index (χ3n) is 2.15. The summed E-state index contributed by atoms with van der Waals surface area (Å²) in [6.07, 6.45) is 4.19. The SMILES string of the molecule is CC1Cn2ccnc2CC1=O. The van der Waals surface area contributed by atoms with E-state index < -0.39 is 0 Å². The molecule has 2 heterocycles. The first-order valence-electron chi connectivity index (χ1n) is 3.80. The fourth-order valence-electron chi connectivity index (χ4n) is 1.40. The summed E-state index contributed by atoms with van der Waals surface area (Å²) in [6.45, 7) is 2.76. The highest BCUT2D eigenvalue weighted by Gasteiger charge is 2.22. The minimum atomic E-state index is 0.164. The molecule has 0 amide bonds. The van der Waals surface area contributed by atoms with Crippen LogP contribution in [-0.2, 0) is 17.8 Å². The molecule has 58 valence electrons. The predicted molar refractivity (Wildman–Crippen MR) is 40.1 cm³/mol. The van der Waals surface area contributed by atoms with Gasteiger partial charge in [-0.1, -0.05) is 6.92 Å². The minimum absolute atomic E-state index is 0.164. The van der Waals surface area contributed by atoms with Crippen molar-refractivity contribution in [3.8, 4) is 0 Å². The van der Waals surface area contributed by atoms with Crippen molar-refractivity contribution in [2.75, 3.05) is 0 Å². The van der Waals surface area contributed by atoms with Crippen molar-refractivity contribution >= 4 is 5.78 Å². The number of aromatic nitrogens is 2. The van der Waals surface area contributed by atoms with Crippen LogP contribution in [0.15, 0.2) is 12.4 Å². The number of ketones is 1. The van der Waals surface area contributed by atoms with Crippen molar-refractivity contribution in [2.45, 2.75) is 19.9 Å². The van der Waals surface area contributed by atoms with E-state index >= 15 is 0 Å². The van der Waals surface area contributed by atoms with Crippen molar-refractivity contribution in [1.82, 2.24) is 9.55 Å². The second kappa shape index (κ2) is 2.19. The number of hydrogen-bond acceptors (Lipinski definition) is 2. The van der Waals surface area contributed by atoms with Crippen LogP contribution in [0.25, 0.3) is 0 Å². The number of rotatable bonds is 0. The highest BCUT2D eigenvalue weighted by Crippen LogP contribution is 2.14. The van der Waals surface area contributed by atoms with Gasteiger partial charge in [0.2, 0.25) is 0 Å². The summed E-state index contributed by atoms with van der Waals surface area (Å²) in [5.74, 6) is 1.38. The first-order chi connectivity index (χ1) is 5.27. The molecule has 0 radical (unpaired) electrons. The molecule has 2 rings (SSSR count). The maximum atomic E-state index is 11.2. The van der Waals surface area contributed by atoms with Crippen molar-refractivity contribution in [3.05, 3.63) is 18.2 Å². The van der Waals surface area contributed by atoms with Crippen LogP contribution in [0.2, 0.25) is 0 Å². The lowest BCUT2D eigenvalue weighted by Gasteiger charge is -2.18. The molecule has 0 aromatic carbocycles. The summed E-state index contributed by atoms with van der Waals surface area (Å²) in [6, 6.07) is 0. The molecule has 0 bridgehead atoms. The van der Waals surface area contributed by atoms with Gasteiger partial charge in [-0.2, -0.15) is 0 Å². The summed E-state index contributed by atoms with van der Waals surface area (Å²) in [5, 5.41) is 0. The van der Waals surface area contributed by atoms with E-state index in [0.717, 1.165) is 12.4 Å². The first-order valence-corrected chi connectivity index (χ1v) is 3.80. The van der Waals surface area contributed by atoms with Gasteiger partial charge in [0, 0.05) is 24.9 Å². The molecule has 1 aromatic rings. The Kier molecular flexibility index (Phi) is 1.31. The third-order valence-corrected chi connectivity index (χ3v) is 2.15. The standard InChI is InChI=1S/C8H10N2O/c1-6-5-10-3-2-9-8(10)4-7(6)11/h2-3,6H,4-5H2,1H3. The number of hydrogen-bond donors (Lipinski definition) is 0. The summed E-state index contributed by atoms with van der Waals surface area (Å²) < 4.78 is 2.05. The van der Waals surface area contributed by atoms with Crippen molar-refractivity contribution < 1.29 is 4.79 Å². The second-order valence-corrected chi connectivity index (χ2v) is 3.04. The molecule has 1 aliphatic rings. The number of imidazole rings is 1. The van der Waals surface area contributed by atoms with Gasteiger partial charge in [0.05, 0.1) is 6.42 Å². The Balaban J connectivity index is 2.37. The van der Waals surface area contributed by atoms with Crippen LogP contribution in [0.3, 0.4) is 0 Å². The molecule has 1 atom stereocenters. The third kappa shape index (κ3) is 0.964. The molecule has 0 aliphatic carbocycles. The average Bonchev–Trinajstić information content (AvgIpc) is 2.36. The lowest BCUT2D eigenvalue weighted by atomic mass is 10.0. The van der Waals surface area contributed by atoms with Crippen molar-refractivity contribution in [2.24, 2.45) is 5.92 Å². The fourth-order valence-corrected chi connectivity index (χ4v) is 1.40. The van der Waals surface area contributed by atoms with Gasteiger partial charge >= 0.3 is 0 Å². The zero-order valence-corrected chi connectivity index (χ0v) is 6.45. The number of nitrogens with zero attached hydrogens (tertiary/aromatic N) is 2. The largest absolute Gasteiger partial charge is 0.334 e. The molecule has 1 unspecified atom stereocenters. The van der Waals surface area contributed by atoms with Gasteiger partial charge in [0.15, 0.2) is 0 Å². The molecule has 0 saturated carbocycles. The maximum absolute atomic E-state index is 11.2. The van der Waals surface area contributed by atoms with Gasteiger partial charge in [-0.25, -0.2) is 4.98 Å². The number of carbonyl (C=O) groups excluding carboxylic acids is 1. The summed E-state index contributed by atoms with van der Waals surface area (Å²) in [7, 11) is 0. The van der Waals surface area contributed by atoms with E-state index in [4.69, 9.17) is 0 Å². The van der Waals surface area contributed by atoms with Gasteiger partial charge in [-0.15, -0.1) is 0 Å². The highest BCUT2D eigenvalue weighted by atomic mass is 16.1. The molecular weight excluding hydrogens is 140 g/mol. The average molecular weight is 150 g/mol. The van der Waals surface area contributed by atoms with E-state index in [9.17, 15) is 4.79 Å². The molecule has 11 heavy (non-hydrogen) atoms. The van der Waals surface area contributed by atoms with Gasteiger partial charge < -0.3 is 4.57 Å². The number of Topliss-reactive ketones (excluding diaryl/α,β-unsaturated/α-hetero) is 1. The lowest BCUT2D eigenvalue weighted by Crippen LogP contribution is -2.27. The van der Waals surface area contributed by atoms with Crippen LogP contribution in [-0.4, -0.2) is 15.3 Å². The smallest absolute Gasteiger partial charge is 0.144 e. The molecular formula is C8H10N2O. The normalized spacial score (nSPS) is 23.4. The Morgan fingerprint density at radius 3 is 3.36 bits per heavy atom. The minimum Gasteiger partial charge on any atom is -0.334 e. The topological polar surface area (TPSA) is 34.9 Å². The Morgan fingerprint density at radius 2 is 2.55 bits per heavy atom. The van der Waals surface area contributed by atoms with E-state index in [1.54, 1.807) is 6.20 Å². The molecule has 1 aromatic heterocycles. The summed E-state index contributed by atoms with van der Waals surface area (Å²) in [5.41, 5.74) is 0. The summed E-state index contributed by atoms with van der Waals surface area (Å²) >= 11 is 0. The van der Waals surface area contributed by atoms with E-state index in [1.807, 2.05) is 17.7 Å². The van der Waals surface area contributed by atoms with Crippen LogP contribution in [0.5, 0.6) is 0 Å². The van der Waals surface area contributed by atoms with Gasteiger partial charge in [-0.05, 0) is 0 Å². The van der Waals surface area contributed by atoms with Crippen LogP contribution in [0.1, 0.15) is 12.7 Å². The predicted octanol–water partition coefficient (Wildman–Crippen LogP) is 0.644. The highest BCUT2D eigenvalue weighted by molar-refractivity contribution is 5.83. The molecule has 0 N–H and O–H groups in total. The van der Waals surface area contributed by atoms with E-state index in [2.05, 4.69) is 4.98 Å². The molecule has 3 nitrogen and oxygen atoms in total. The van der Waals surface area contributed by atoms with Crippen molar-refractivity contribution in [1.29, 1.82) is 0 Å². The molecule has 0 spiro atoms. The van der Waals surface area contributed by atoms with Crippen LogP contribution in [0.4, 0.5) is 0 Å². The van der Waals surface area contributed by atoms with Crippen LogP contribution < -0.4 is 0 Å². The zero-order chi connectivity index (χ0) is 7.84. The maximum Gasteiger partial charge on any atom is 0.144 e. The van der Waals surface area contributed by atoms with E-state index in [1.165, 1.54) is 0 Å². The molecule has 0 saturated heterocycles. The monoisotopic (exact) mass is 150 g/mol. The Bertz CT molecular complexity index is 290. The van der Waals surface area contributed by atoms with Gasteiger partial charge in [0.25, 0.3) is 0 Å². The molecule has 3 heteroatoms. The fraction of sp³-hybridized carbons (Fsp3) is 0.500.